The van der Waals surface area contributed by atoms with Gasteiger partial charge in [0.1, 0.15) is 12.6 Å². The summed E-state index contributed by atoms with van der Waals surface area (Å²) in [7, 11) is -3.90. The molecule has 11 heteroatoms. The molecule has 1 aliphatic rings. The summed E-state index contributed by atoms with van der Waals surface area (Å²) in [5, 5.41) is 4.40. The lowest BCUT2D eigenvalue weighted by Crippen LogP contribution is -2.55. The van der Waals surface area contributed by atoms with Crippen LogP contribution in [0.25, 0.3) is 0 Å². The maximum absolute atomic E-state index is 14.3. The number of rotatable bonds is 11. The number of halogens is 3. The first kappa shape index (κ1) is 33.1. The molecule has 43 heavy (non-hydrogen) atoms. The molecule has 7 nitrogen and oxygen atoms in total. The van der Waals surface area contributed by atoms with E-state index in [4.69, 9.17) is 34.8 Å². The molecule has 0 heterocycles. The molecule has 0 unspecified atom stereocenters. The molecule has 4 rings (SSSR count). The summed E-state index contributed by atoms with van der Waals surface area (Å²) in [6.07, 6.45) is 6.21. The first-order valence-electron chi connectivity index (χ1n) is 14.2. The second-order valence-electron chi connectivity index (χ2n) is 11.0. The zero-order valence-electron chi connectivity index (χ0n) is 24.2. The summed E-state index contributed by atoms with van der Waals surface area (Å²) in [5.41, 5.74) is 2.36. The molecule has 0 aromatic heterocycles. The molecule has 1 fully saturated rings. The lowest BCUT2D eigenvalue weighted by atomic mass is 9.94. The normalized spacial score (nSPS) is 14.6. The van der Waals surface area contributed by atoms with Gasteiger partial charge in [0.25, 0.3) is 0 Å². The van der Waals surface area contributed by atoms with Crippen molar-refractivity contribution in [2.75, 3.05) is 17.1 Å². The zero-order valence-corrected chi connectivity index (χ0v) is 27.3. The van der Waals surface area contributed by atoms with Crippen molar-refractivity contribution < 1.29 is 18.0 Å². The molecule has 0 saturated heterocycles. The number of carbonyl (C=O) groups is 2. The van der Waals surface area contributed by atoms with E-state index >= 15 is 0 Å². The van der Waals surface area contributed by atoms with Crippen LogP contribution >= 0.6 is 34.8 Å². The Morgan fingerprint density at radius 3 is 2.21 bits per heavy atom. The number of benzene rings is 3. The highest BCUT2D eigenvalue weighted by Crippen LogP contribution is 2.28. The molecule has 2 amide bonds. The van der Waals surface area contributed by atoms with Crippen molar-refractivity contribution in [3.8, 4) is 0 Å². The van der Waals surface area contributed by atoms with Gasteiger partial charge in [0.05, 0.1) is 11.9 Å². The molecule has 1 saturated carbocycles. The minimum atomic E-state index is -3.90. The van der Waals surface area contributed by atoms with Gasteiger partial charge < -0.3 is 10.2 Å². The number of nitrogens with one attached hydrogen (secondary N) is 1. The van der Waals surface area contributed by atoms with Crippen LogP contribution in [-0.2, 0) is 32.6 Å². The van der Waals surface area contributed by atoms with E-state index in [1.54, 1.807) is 43.3 Å². The summed E-state index contributed by atoms with van der Waals surface area (Å²) >= 11 is 18.8. The SMILES string of the molecule is Cc1cc(Cl)ccc1N(CC(=O)N(Cc1ccc(Cl)cc1Cl)[C@@H](Cc1ccccc1)C(=O)NC1CCCCC1)S(C)(=O)=O. The van der Waals surface area contributed by atoms with Crippen LogP contribution in [0.15, 0.2) is 66.7 Å². The largest absolute Gasteiger partial charge is 0.352 e. The van der Waals surface area contributed by atoms with Gasteiger partial charge in [-0.25, -0.2) is 8.42 Å². The van der Waals surface area contributed by atoms with Gasteiger partial charge in [-0.05, 0) is 66.8 Å². The fourth-order valence-electron chi connectivity index (χ4n) is 5.43. The lowest BCUT2D eigenvalue weighted by Gasteiger charge is -2.35. The zero-order chi connectivity index (χ0) is 31.1. The van der Waals surface area contributed by atoms with Crippen LogP contribution in [-0.4, -0.2) is 50.0 Å². The second-order valence-corrected chi connectivity index (χ2v) is 14.2. The Morgan fingerprint density at radius 2 is 1.58 bits per heavy atom. The van der Waals surface area contributed by atoms with Crippen molar-refractivity contribution >= 4 is 62.3 Å². The fourth-order valence-corrected chi connectivity index (χ4v) is 7.03. The number of hydrogen-bond donors (Lipinski definition) is 1. The maximum atomic E-state index is 14.3. The van der Waals surface area contributed by atoms with Crippen molar-refractivity contribution in [2.45, 2.75) is 64.1 Å². The van der Waals surface area contributed by atoms with E-state index in [0.29, 0.717) is 31.9 Å². The Bertz CT molecular complexity index is 1550. The number of sulfonamides is 1. The molecule has 1 N–H and O–H groups in total. The third-order valence-corrected chi connectivity index (χ3v) is 9.63. The fraction of sp³-hybridized carbons (Fsp3) is 0.375. The number of aryl methyl sites for hydroxylation is 1. The molecule has 3 aromatic rings. The van der Waals surface area contributed by atoms with Gasteiger partial charge in [0.2, 0.25) is 21.8 Å². The van der Waals surface area contributed by atoms with Crippen LogP contribution < -0.4 is 9.62 Å². The molecule has 0 radical (unpaired) electrons. The van der Waals surface area contributed by atoms with Crippen molar-refractivity contribution in [1.29, 1.82) is 0 Å². The summed E-state index contributed by atoms with van der Waals surface area (Å²) in [4.78, 5) is 29.8. The predicted octanol–water partition coefficient (Wildman–Crippen LogP) is 6.81. The van der Waals surface area contributed by atoms with Crippen molar-refractivity contribution in [2.24, 2.45) is 0 Å². The number of nitrogens with zero attached hydrogens (tertiary/aromatic N) is 2. The Labute approximate surface area is 269 Å². The molecular weight excluding hydrogens is 629 g/mol. The highest BCUT2D eigenvalue weighted by atomic mass is 35.5. The second kappa shape index (κ2) is 14.8. The van der Waals surface area contributed by atoms with E-state index in [1.165, 1.54) is 4.90 Å². The van der Waals surface area contributed by atoms with E-state index in [9.17, 15) is 18.0 Å². The highest BCUT2D eigenvalue weighted by molar-refractivity contribution is 7.92. The van der Waals surface area contributed by atoms with Crippen LogP contribution in [0.5, 0.6) is 0 Å². The summed E-state index contributed by atoms with van der Waals surface area (Å²) in [6.45, 7) is 1.18. The third kappa shape index (κ3) is 9.11. The van der Waals surface area contributed by atoms with Gasteiger partial charge in [-0.2, -0.15) is 0 Å². The molecule has 0 aliphatic heterocycles. The first-order valence-corrected chi connectivity index (χ1v) is 17.2. The van der Waals surface area contributed by atoms with Crippen LogP contribution in [0.3, 0.4) is 0 Å². The number of hydrogen-bond acceptors (Lipinski definition) is 4. The van der Waals surface area contributed by atoms with Gasteiger partial charge in [-0.3, -0.25) is 13.9 Å². The van der Waals surface area contributed by atoms with Crippen LogP contribution in [0.1, 0.15) is 48.8 Å². The Morgan fingerprint density at radius 1 is 0.930 bits per heavy atom. The van der Waals surface area contributed by atoms with Gasteiger partial charge in [-0.15, -0.1) is 0 Å². The monoisotopic (exact) mass is 663 g/mol. The van der Waals surface area contributed by atoms with Gasteiger partial charge in [-0.1, -0.05) is 90.5 Å². The summed E-state index contributed by atoms with van der Waals surface area (Å²) in [6, 6.07) is 18.3. The van der Waals surface area contributed by atoms with Gasteiger partial charge in [0, 0.05) is 34.1 Å². The molecular formula is C32H36Cl3N3O4S. The number of amides is 2. The molecule has 230 valence electrons. The van der Waals surface area contributed by atoms with Crippen LogP contribution in [0.2, 0.25) is 15.1 Å². The minimum Gasteiger partial charge on any atom is -0.352 e. The van der Waals surface area contributed by atoms with E-state index in [2.05, 4.69) is 5.32 Å². The quantitative estimate of drug-likeness (QED) is 0.244. The third-order valence-electron chi connectivity index (χ3n) is 7.69. The number of carbonyl (C=O) groups excluding carboxylic acids is 2. The predicted molar refractivity (Wildman–Crippen MR) is 174 cm³/mol. The van der Waals surface area contributed by atoms with Crippen LogP contribution in [0, 0.1) is 6.92 Å². The van der Waals surface area contributed by atoms with Gasteiger partial charge >= 0.3 is 0 Å². The molecule has 1 aliphatic carbocycles. The average molecular weight is 665 g/mol. The molecule has 3 aromatic carbocycles. The smallest absolute Gasteiger partial charge is 0.244 e. The molecule has 0 bridgehead atoms. The Hall–Kier alpha value is -2.78. The van der Waals surface area contributed by atoms with E-state index in [1.807, 2.05) is 30.3 Å². The first-order chi connectivity index (χ1) is 20.4. The Balaban J connectivity index is 1.76. The van der Waals surface area contributed by atoms with Gasteiger partial charge in [0.15, 0.2) is 0 Å². The lowest BCUT2D eigenvalue weighted by molar-refractivity contribution is -0.140. The van der Waals surface area contributed by atoms with Crippen molar-refractivity contribution in [1.82, 2.24) is 10.2 Å². The topological polar surface area (TPSA) is 86.8 Å². The van der Waals surface area contributed by atoms with Crippen LogP contribution in [0.4, 0.5) is 5.69 Å². The Kier molecular flexibility index (Phi) is 11.4. The van der Waals surface area contributed by atoms with Crippen molar-refractivity contribution in [3.05, 3.63) is 98.5 Å². The maximum Gasteiger partial charge on any atom is 0.244 e. The minimum absolute atomic E-state index is 0.0137. The van der Waals surface area contributed by atoms with E-state index in [0.717, 1.165) is 48.2 Å². The standard InChI is InChI=1S/C32H36Cl3N3O4S/c1-22-17-25(33)15-16-29(22)38(43(2,41)42)21-31(39)37(20-24-13-14-26(34)19-28(24)35)30(18-23-9-5-3-6-10-23)32(40)36-27-11-7-4-8-12-27/h3,5-6,9-10,13-17,19,27,30H,4,7-8,11-12,18,20-21H2,1-2H3,(H,36,40)/t30-/m0/s1. The molecule has 1 atom stereocenters. The summed E-state index contributed by atoms with van der Waals surface area (Å²) < 4.78 is 27.1. The van der Waals surface area contributed by atoms with Crippen molar-refractivity contribution in [3.63, 3.8) is 0 Å². The van der Waals surface area contributed by atoms with E-state index < -0.39 is 28.5 Å². The molecule has 0 spiro atoms. The number of anilines is 1. The highest BCUT2D eigenvalue weighted by Gasteiger charge is 2.34. The van der Waals surface area contributed by atoms with E-state index in [-0.39, 0.29) is 24.9 Å². The average Bonchev–Trinajstić information content (AvgIpc) is 2.95. The summed E-state index contributed by atoms with van der Waals surface area (Å²) in [5.74, 6) is -0.840.